The summed E-state index contributed by atoms with van der Waals surface area (Å²) in [4.78, 5) is 10.3. The number of rotatable bonds is 16. The summed E-state index contributed by atoms with van der Waals surface area (Å²) in [5.74, 6) is 5.24. The van der Waals surface area contributed by atoms with E-state index in [9.17, 15) is 4.79 Å². The molecule has 0 rings (SSSR count). The van der Waals surface area contributed by atoms with Gasteiger partial charge in [-0.1, -0.05) is 97.8 Å². The third-order valence-electron chi connectivity index (χ3n) is 4.56. The second kappa shape index (κ2) is 22.4. The van der Waals surface area contributed by atoms with Crippen LogP contribution in [0.5, 0.6) is 0 Å². The van der Waals surface area contributed by atoms with Crippen molar-refractivity contribution in [3.05, 3.63) is 0 Å². The largest absolute Gasteiger partial charge is 0.481 e. The van der Waals surface area contributed by atoms with Crippen LogP contribution in [0.4, 0.5) is 0 Å². The smallest absolute Gasteiger partial charge is 0.303 e. The number of hydrazine groups is 1. The molecule has 0 aromatic rings. The number of carbonyl (C=O) groups is 1. The van der Waals surface area contributed by atoms with Gasteiger partial charge in [0.25, 0.3) is 0 Å². The molecule has 0 aliphatic rings. The Labute approximate surface area is 150 Å². The molecule has 4 nitrogen and oxygen atoms in total. The molecule has 0 fully saturated rings. The third-order valence-corrected chi connectivity index (χ3v) is 4.56. The van der Waals surface area contributed by atoms with E-state index < -0.39 is 5.97 Å². The molecule has 0 aliphatic carbocycles. The van der Waals surface area contributed by atoms with Crippen LogP contribution in [0.2, 0.25) is 0 Å². The predicted octanol–water partition coefficient (Wildman–Crippen LogP) is 5.66. The van der Waals surface area contributed by atoms with Gasteiger partial charge in [-0.3, -0.25) is 16.1 Å². The van der Waals surface area contributed by atoms with E-state index in [4.69, 9.17) is 10.9 Å². The Bertz CT molecular complexity index is 244. The molecule has 0 spiro atoms. The molecule has 0 saturated heterocycles. The van der Waals surface area contributed by atoms with E-state index in [0.29, 0.717) is 6.42 Å². The van der Waals surface area contributed by atoms with Crippen molar-refractivity contribution in [1.82, 2.24) is 5.43 Å². The lowest BCUT2D eigenvalue weighted by atomic mass is 10.0. The van der Waals surface area contributed by atoms with E-state index >= 15 is 0 Å². The Morgan fingerprint density at radius 2 is 1.25 bits per heavy atom. The molecule has 0 aromatic carbocycles. The summed E-state index contributed by atoms with van der Waals surface area (Å²) < 4.78 is 0. The number of hydrogen-bond acceptors (Lipinski definition) is 3. The first-order valence-corrected chi connectivity index (χ1v) is 10.3. The number of aliphatic carboxylic acids is 1. The number of carboxylic acid groups (broad SMARTS) is 1. The first-order chi connectivity index (χ1) is 11.6. The van der Waals surface area contributed by atoms with Gasteiger partial charge in [-0.25, -0.2) is 0 Å². The Balaban J connectivity index is 0. The van der Waals surface area contributed by atoms with Crippen molar-refractivity contribution in [1.29, 1.82) is 0 Å². The molecule has 0 unspecified atom stereocenters. The van der Waals surface area contributed by atoms with Crippen LogP contribution in [0.25, 0.3) is 0 Å². The molecule has 0 aromatic heterocycles. The van der Waals surface area contributed by atoms with Gasteiger partial charge in [-0.15, -0.1) is 0 Å². The molecule has 24 heavy (non-hydrogen) atoms. The maximum absolute atomic E-state index is 10.3. The van der Waals surface area contributed by atoms with E-state index in [1.54, 1.807) is 0 Å². The normalized spacial score (nSPS) is 10.5. The molecule has 0 saturated carbocycles. The van der Waals surface area contributed by atoms with Crippen molar-refractivity contribution < 1.29 is 9.90 Å². The average molecular weight is 345 g/mol. The van der Waals surface area contributed by atoms with Gasteiger partial charge < -0.3 is 5.11 Å². The highest BCUT2D eigenvalue weighted by Gasteiger charge is 1.99. The van der Waals surface area contributed by atoms with Gasteiger partial charge >= 0.3 is 5.97 Å². The number of unbranched alkanes of at least 4 members (excludes halogenated alkanes) is 10. The summed E-state index contributed by atoms with van der Waals surface area (Å²) in [6, 6.07) is 0. The number of carboxylic acids is 1. The zero-order valence-corrected chi connectivity index (χ0v) is 16.6. The molecular weight excluding hydrogens is 300 g/mol. The van der Waals surface area contributed by atoms with Crippen LogP contribution in [0.1, 0.15) is 111 Å². The topological polar surface area (TPSA) is 75.3 Å². The summed E-state index contributed by atoms with van der Waals surface area (Å²) in [5.41, 5.74) is 2.67. The molecule has 0 bridgehead atoms. The lowest BCUT2D eigenvalue weighted by Crippen LogP contribution is -2.28. The monoisotopic (exact) mass is 344 g/mol. The van der Waals surface area contributed by atoms with Crippen molar-refractivity contribution in [2.75, 3.05) is 6.54 Å². The van der Waals surface area contributed by atoms with Crippen LogP contribution in [0.3, 0.4) is 0 Å². The second-order valence-electron chi connectivity index (χ2n) is 6.77. The Morgan fingerprint density at radius 3 is 1.54 bits per heavy atom. The van der Waals surface area contributed by atoms with Crippen LogP contribution in [0, 0.1) is 5.92 Å². The molecular formula is C20H44N2O2. The van der Waals surface area contributed by atoms with Gasteiger partial charge in [0.15, 0.2) is 0 Å². The van der Waals surface area contributed by atoms with Gasteiger partial charge in [0.1, 0.15) is 0 Å². The van der Waals surface area contributed by atoms with Crippen molar-refractivity contribution >= 4 is 5.97 Å². The second-order valence-corrected chi connectivity index (χ2v) is 6.77. The Kier molecular flexibility index (Phi) is 23.9. The molecule has 0 aliphatic heterocycles. The fraction of sp³-hybridized carbons (Fsp3) is 0.950. The number of hydrogen-bond donors (Lipinski definition) is 3. The summed E-state index contributed by atoms with van der Waals surface area (Å²) in [7, 11) is 0. The molecule has 146 valence electrons. The minimum atomic E-state index is -0.657. The van der Waals surface area contributed by atoms with E-state index in [-0.39, 0.29) is 0 Å². The van der Waals surface area contributed by atoms with Gasteiger partial charge in [0.05, 0.1) is 0 Å². The van der Waals surface area contributed by atoms with E-state index in [2.05, 4.69) is 26.2 Å². The van der Waals surface area contributed by atoms with Crippen LogP contribution in [0.15, 0.2) is 0 Å². The molecule has 0 amide bonds. The van der Waals surface area contributed by atoms with Crippen molar-refractivity contribution in [3.63, 3.8) is 0 Å². The van der Waals surface area contributed by atoms with Gasteiger partial charge in [0, 0.05) is 13.0 Å². The molecule has 0 heterocycles. The Morgan fingerprint density at radius 1 is 0.833 bits per heavy atom. The standard InChI is InChI=1S/C14H28O2.C6H16N2/c1-2-3-4-5-6-7-8-9-10-11-12-13-14(15)16;1-3-6(4-2)5-8-7/h2-13H2,1H3,(H,15,16);6,8H,3-5,7H2,1-2H3. The van der Waals surface area contributed by atoms with Crippen molar-refractivity contribution in [2.45, 2.75) is 111 Å². The van der Waals surface area contributed by atoms with Crippen LogP contribution >= 0.6 is 0 Å². The molecule has 0 radical (unpaired) electrons. The van der Waals surface area contributed by atoms with Gasteiger partial charge in [0.2, 0.25) is 0 Å². The fourth-order valence-corrected chi connectivity index (χ4v) is 2.68. The fourth-order valence-electron chi connectivity index (χ4n) is 2.68. The lowest BCUT2D eigenvalue weighted by Gasteiger charge is -2.09. The predicted molar refractivity (Wildman–Crippen MR) is 105 cm³/mol. The van der Waals surface area contributed by atoms with Crippen LogP contribution in [-0.4, -0.2) is 17.6 Å². The van der Waals surface area contributed by atoms with Crippen LogP contribution < -0.4 is 11.3 Å². The highest BCUT2D eigenvalue weighted by molar-refractivity contribution is 5.66. The van der Waals surface area contributed by atoms with E-state index in [1.807, 2.05) is 0 Å². The molecule has 0 atom stereocenters. The molecule has 4 heteroatoms. The zero-order chi connectivity index (χ0) is 18.5. The Hall–Kier alpha value is -0.610. The summed E-state index contributed by atoms with van der Waals surface area (Å²) in [6.07, 6.45) is 16.8. The first kappa shape index (κ1) is 25.6. The summed E-state index contributed by atoms with van der Waals surface area (Å²) >= 11 is 0. The van der Waals surface area contributed by atoms with Gasteiger partial charge in [-0.05, 0) is 12.3 Å². The maximum Gasteiger partial charge on any atom is 0.303 e. The quantitative estimate of drug-likeness (QED) is 0.192. The minimum Gasteiger partial charge on any atom is -0.481 e. The van der Waals surface area contributed by atoms with Gasteiger partial charge in [-0.2, -0.15) is 0 Å². The van der Waals surface area contributed by atoms with Crippen LogP contribution in [-0.2, 0) is 4.79 Å². The number of nitrogens with one attached hydrogen (secondary N) is 1. The highest BCUT2D eigenvalue weighted by atomic mass is 16.4. The minimum absolute atomic E-state index is 0.344. The average Bonchev–Trinajstić information content (AvgIpc) is 2.58. The lowest BCUT2D eigenvalue weighted by molar-refractivity contribution is -0.137. The third kappa shape index (κ3) is 23.7. The summed E-state index contributed by atoms with van der Waals surface area (Å²) in [6.45, 7) is 7.57. The van der Waals surface area contributed by atoms with E-state index in [1.165, 1.54) is 70.6 Å². The zero-order valence-electron chi connectivity index (χ0n) is 16.6. The summed E-state index contributed by atoms with van der Waals surface area (Å²) in [5, 5.41) is 8.46. The maximum atomic E-state index is 10.3. The first-order valence-electron chi connectivity index (χ1n) is 10.3. The van der Waals surface area contributed by atoms with Crippen molar-refractivity contribution in [2.24, 2.45) is 11.8 Å². The SMILES string of the molecule is CCC(CC)CNN.CCCCCCCCCCCCCC(=O)O. The van der Waals surface area contributed by atoms with Crippen molar-refractivity contribution in [3.8, 4) is 0 Å². The highest BCUT2D eigenvalue weighted by Crippen LogP contribution is 2.11. The van der Waals surface area contributed by atoms with E-state index in [0.717, 1.165) is 25.3 Å². The molecule has 4 N–H and O–H groups in total. The number of nitrogens with two attached hydrogens (primary N) is 1.